The van der Waals surface area contributed by atoms with E-state index in [2.05, 4.69) is 15.0 Å². The van der Waals surface area contributed by atoms with Crippen molar-refractivity contribution >= 4 is 15.7 Å². The Bertz CT molecular complexity index is 682. The maximum Gasteiger partial charge on any atom is 0.261 e. The Morgan fingerprint density at radius 2 is 1.85 bits per heavy atom. The number of aromatic nitrogens is 1. The van der Waals surface area contributed by atoms with Gasteiger partial charge in [-0.2, -0.15) is 0 Å². The average molecular weight is 291 g/mol. The van der Waals surface area contributed by atoms with Gasteiger partial charge in [-0.3, -0.25) is 9.71 Å². The van der Waals surface area contributed by atoms with E-state index in [0.29, 0.717) is 17.9 Å². The molecule has 0 aliphatic carbocycles. The van der Waals surface area contributed by atoms with Gasteiger partial charge in [-0.15, -0.1) is 0 Å². The Morgan fingerprint density at radius 3 is 2.45 bits per heavy atom. The topological polar surface area (TPSA) is 71.1 Å². The number of anilines is 1. The molecule has 1 heterocycles. The molecule has 1 aromatic heterocycles. The van der Waals surface area contributed by atoms with Crippen molar-refractivity contribution in [3.8, 4) is 0 Å². The highest BCUT2D eigenvalue weighted by Gasteiger charge is 2.15. The largest absolute Gasteiger partial charge is 0.316 e. The summed E-state index contributed by atoms with van der Waals surface area (Å²) in [6.45, 7) is 2.46. The summed E-state index contributed by atoms with van der Waals surface area (Å²) < 4.78 is 27.1. The van der Waals surface area contributed by atoms with E-state index in [-0.39, 0.29) is 4.90 Å². The van der Waals surface area contributed by atoms with Crippen molar-refractivity contribution in [1.29, 1.82) is 0 Å². The van der Waals surface area contributed by atoms with Crippen LogP contribution in [0.5, 0.6) is 0 Å². The molecular weight excluding hydrogens is 274 g/mol. The van der Waals surface area contributed by atoms with Crippen molar-refractivity contribution in [3.63, 3.8) is 0 Å². The summed E-state index contributed by atoms with van der Waals surface area (Å²) in [7, 11) is -1.73. The molecule has 0 spiro atoms. The first kappa shape index (κ1) is 14.5. The second-order valence-corrected chi connectivity index (χ2v) is 6.10. The summed E-state index contributed by atoms with van der Waals surface area (Å²) in [6.07, 6.45) is 1.62. The standard InChI is InChI=1S/C14H17N3O2S/c1-11-14(4-3-9-16-11)17-20(18,19)13-7-5-12(6-8-13)10-15-2/h3-9,15,17H,10H2,1-2H3. The molecule has 0 aliphatic rings. The predicted molar refractivity (Wildman–Crippen MR) is 79.0 cm³/mol. The number of nitrogens with zero attached hydrogens (tertiary/aromatic N) is 1. The van der Waals surface area contributed by atoms with Gasteiger partial charge < -0.3 is 5.32 Å². The van der Waals surface area contributed by atoms with E-state index in [1.165, 1.54) is 0 Å². The number of rotatable bonds is 5. The second kappa shape index (κ2) is 6.02. The van der Waals surface area contributed by atoms with E-state index < -0.39 is 10.0 Å². The molecule has 0 atom stereocenters. The minimum absolute atomic E-state index is 0.237. The van der Waals surface area contributed by atoms with Crippen molar-refractivity contribution in [2.75, 3.05) is 11.8 Å². The van der Waals surface area contributed by atoms with Crippen LogP contribution in [0.4, 0.5) is 5.69 Å². The maximum atomic E-state index is 12.3. The Balaban J connectivity index is 2.24. The fourth-order valence-corrected chi connectivity index (χ4v) is 2.90. The predicted octanol–water partition coefficient (Wildman–Crippen LogP) is 1.91. The lowest BCUT2D eigenvalue weighted by molar-refractivity contribution is 0.601. The Hall–Kier alpha value is -1.92. The van der Waals surface area contributed by atoms with Crippen LogP contribution in [0.3, 0.4) is 0 Å². The van der Waals surface area contributed by atoms with Gasteiger partial charge in [0.25, 0.3) is 10.0 Å². The van der Waals surface area contributed by atoms with E-state index in [4.69, 9.17) is 0 Å². The molecule has 0 aliphatic heterocycles. The van der Waals surface area contributed by atoms with Crippen LogP contribution in [-0.2, 0) is 16.6 Å². The number of nitrogens with one attached hydrogen (secondary N) is 2. The van der Waals surface area contributed by atoms with Crippen LogP contribution in [0.15, 0.2) is 47.5 Å². The van der Waals surface area contributed by atoms with Gasteiger partial charge in [0.15, 0.2) is 0 Å². The molecule has 1 aromatic carbocycles. The van der Waals surface area contributed by atoms with Crippen LogP contribution in [0.1, 0.15) is 11.3 Å². The highest BCUT2D eigenvalue weighted by atomic mass is 32.2. The Labute approximate surface area is 119 Å². The molecule has 6 heteroatoms. The summed E-state index contributed by atoms with van der Waals surface area (Å²) in [5.41, 5.74) is 2.17. The van der Waals surface area contributed by atoms with E-state index in [1.54, 1.807) is 49.5 Å². The quantitative estimate of drug-likeness (QED) is 0.883. The third-order valence-corrected chi connectivity index (χ3v) is 4.25. The van der Waals surface area contributed by atoms with E-state index in [9.17, 15) is 8.42 Å². The number of aryl methyl sites for hydroxylation is 1. The third kappa shape index (κ3) is 3.34. The molecule has 2 N–H and O–H groups in total. The molecule has 0 radical (unpaired) electrons. The van der Waals surface area contributed by atoms with Crippen molar-refractivity contribution in [3.05, 3.63) is 53.9 Å². The first-order chi connectivity index (χ1) is 9.53. The summed E-state index contributed by atoms with van der Waals surface area (Å²) in [5, 5.41) is 3.02. The summed E-state index contributed by atoms with van der Waals surface area (Å²) in [4.78, 5) is 4.30. The fourth-order valence-electron chi connectivity index (χ4n) is 1.79. The number of sulfonamides is 1. The lowest BCUT2D eigenvalue weighted by Crippen LogP contribution is -2.14. The van der Waals surface area contributed by atoms with Gasteiger partial charge in [0.05, 0.1) is 16.3 Å². The Morgan fingerprint density at radius 1 is 1.15 bits per heavy atom. The molecule has 0 saturated carbocycles. The number of hydrogen-bond donors (Lipinski definition) is 2. The van der Waals surface area contributed by atoms with Gasteiger partial charge in [-0.25, -0.2) is 8.42 Å². The maximum absolute atomic E-state index is 12.3. The number of pyridine rings is 1. The summed E-state index contributed by atoms with van der Waals surface area (Å²) in [5.74, 6) is 0. The van der Waals surface area contributed by atoms with Crippen molar-refractivity contribution in [2.45, 2.75) is 18.4 Å². The van der Waals surface area contributed by atoms with E-state index in [1.807, 2.05) is 7.05 Å². The molecule has 2 aromatic rings. The Kier molecular flexibility index (Phi) is 4.36. The van der Waals surface area contributed by atoms with E-state index in [0.717, 1.165) is 5.56 Å². The lowest BCUT2D eigenvalue weighted by Gasteiger charge is -2.10. The van der Waals surface area contributed by atoms with Gasteiger partial charge in [0.1, 0.15) is 0 Å². The molecule has 5 nitrogen and oxygen atoms in total. The zero-order chi connectivity index (χ0) is 14.6. The molecule has 0 bridgehead atoms. The highest BCUT2D eigenvalue weighted by molar-refractivity contribution is 7.92. The molecule has 0 fully saturated rings. The second-order valence-electron chi connectivity index (χ2n) is 4.42. The zero-order valence-electron chi connectivity index (χ0n) is 11.4. The van der Waals surface area contributed by atoms with Crippen LogP contribution < -0.4 is 10.0 Å². The summed E-state index contributed by atoms with van der Waals surface area (Å²) in [6, 6.07) is 10.2. The lowest BCUT2D eigenvalue weighted by atomic mass is 10.2. The van der Waals surface area contributed by atoms with Crippen molar-refractivity contribution in [2.24, 2.45) is 0 Å². The summed E-state index contributed by atoms with van der Waals surface area (Å²) >= 11 is 0. The molecular formula is C14H17N3O2S. The van der Waals surface area contributed by atoms with Crippen LogP contribution >= 0.6 is 0 Å². The molecule has 0 unspecified atom stereocenters. The minimum Gasteiger partial charge on any atom is -0.316 e. The number of hydrogen-bond acceptors (Lipinski definition) is 4. The van der Waals surface area contributed by atoms with E-state index >= 15 is 0 Å². The molecule has 0 amide bonds. The normalized spacial score (nSPS) is 11.3. The molecule has 0 saturated heterocycles. The van der Waals surface area contributed by atoms with Crippen LogP contribution in [-0.4, -0.2) is 20.4 Å². The first-order valence-electron chi connectivity index (χ1n) is 6.21. The molecule has 20 heavy (non-hydrogen) atoms. The highest BCUT2D eigenvalue weighted by Crippen LogP contribution is 2.18. The molecule has 2 rings (SSSR count). The zero-order valence-corrected chi connectivity index (χ0v) is 12.2. The number of benzene rings is 1. The van der Waals surface area contributed by atoms with Gasteiger partial charge in [0.2, 0.25) is 0 Å². The van der Waals surface area contributed by atoms with Crippen LogP contribution in [0, 0.1) is 6.92 Å². The SMILES string of the molecule is CNCc1ccc(S(=O)(=O)Nc2cccnc2C)cc1. The van der Waals surface area contributed by atoms with Gasteiger partial charge >= 0.3 is 0 Å². The van der Waals surface area contributed by atoms with Crippen LogP contribution in [0.25, 0.3) is 0 Å². The van der Waals surface area contributed by atoms with Gasteiger partial charge in [0, 0.05) is 12.7 Å². The van der Waals surface area contributed by atoms with Crippen molar-refractivity contribution in [1.82, 2.24) is 10.3 Å². The molecule has 106 valence electrons. The first-order valence-corrected chi connectivity index (χ1v) is 7.69. The average Bonchev–Trinajstić information content (AvgIpc) is 2.42. The minimum atomic E-state index is -3.58. The fraction of sp³-hybridized carbons (Fsp3) is 0.214. The van der Waals surface area contributed by atoms with Gasteiger partial charge in [-0.05, 0) is 43.8 Å². The monoisotopic (exact) mass is 291 g/mol. The van der Waals surface area contributed by atoms with Crippen molar-refractivity contribution < 1.29 is 8.42 Å². The smallest absolute Gasteiger partial charge is 0.261 e. The third-order valence-electron chi connectivity index (χ3n) is 2.87. The van der Waals surface area contributed by atoms with Gasteiger partial charge in [-0.1, -0.05) is 12.1 Å². The van der Waals surface area contributed by atoms with Crippen LogP contribution in [0.2, 0.25) is 0 Å².